The quantitative estimate of drug-likeness (QED) is 0.557. The van der Waals surface area contributed by atoms with Gasteiger partial charge in [-0.1, -0.05) is 46.3 Å². The Morgan fingerprint density at radius 1 is 1.26 bits per heavy atom. The predicted molar refractivity (Wildman–Crippen MR) is 110 cm³/mol. The van der Waals surface area contributed by atoms with Gasteiger partial charge >= 0.3 is 5.97 Å². The van der Waals surface area contributed by atoms with Crippen LogP contribution in [0.15, 0.2) is 22.1 Å². The number of aliphatic hydroxyl groups excluding tert-OH is 1. The van der Waals surface area contributed by atoms with E-state index < -0.39 is 17.6 Å². The number of hydrogen-bond donors (Lipinski definition) is 1. The molecular weight excluding hydrogens is 348 g/mol. The van der Waals surface area contributed by atoms with Gasteiger partial charge in [-0.05, 0) is 26.7 Å². The maximum atomic E-state index is 12.5. The Labute approximate surface area is 164 Å². The summed E-state index contributed by atoms with van der Waals surface area (Å²) < 4.78 is 15.4. The first-order chi connectivity index (χ1) is 13.0. The first-order valence-corrected chi connectivity index (χ1v) is 9.66. The van der Waals surface area contributed by atoms with Crippen molar-refractivity contribution in [1.29, 1.82) is 0 Å². The van der Waals surface area contributed by atoms with Gasteiger partial charge in [0, 0.05) is 0 Å². The fourth-order valence-electron chi connectivity index (χ4n) is 2.23. The second-order valence-electron chi connectivity index (χ2n) is 5.39. The van der Waals surface area contributed by atoms with E-state index in [0.29, 0.717) is 12.8 Å². The summed E-state index contributed by atoms with van der Waals surface area (Å²) in [5.74, 6) is -0.406. The number of nitrogens with zero attached hydrogens (tertiary/aromatic N) is 2. The lowest BCUT2D eigenvalue weighted by molar-refractivity contribution is -0.151. The third kappa shape index (κ3) is 8.12. The molecular formula is C20H38N2O5. The maximum Gasteiger partial charge on any atom is 0.346 e. The van der Waals surface area contributed by atoms with Gasteiger partial charge in [-0.2, -0.15) is 0 Å². The van der Waals surface area contributed by atoms with Crippen molar-refractivity contribution in [3.63, 3.8) is 0 Å². The molecule has 27 heavy (non-hydrogen) atoms. The standard InChI is InChI=1S/C15H24N2O5.C3H8.C2H6/c1-5-7-8-9-11(18)15(14(19)22-6-2)13(21-4)16-10-12(17-15)20-3;1-3-2;1-2/h5,7,11,18H,6,8-10H2,1-4H3;3H2,1-2H3;1-2H3/b7-5+;;. The molecule has 0 radical (unpaired) electrons. The molecule has 0 saturated heterocycles. The van der Waals surface area contributed by atoms with Gasteiger partial charge < -0.3 is 19.3 Å². The second kappa shape index (κ2) is 16.3. The molecule has 0 aliphatic carbocycles. The van der Waals surface area contributed by atoms with Gasteiger partial charge in [-0.25, -0.2) is 14.8 Å². The third-order valence-electron chi connectivity index (χ3n) is 3.33. The summed E-state index contributed by atoms with van der Waals surface area (Å²) in [5.41, 5.74) is -1.71. The zero-order valence-electron chi connectivity index (χ0n) is 18.2. The Morgan fingerprint density at radius 3 is 2.30 bits per heavy atom. The number of allylic oxidation sites excluding steroid dienone is 2. The zero-order chi connectivity index (χ0) is 21.3. The summed E-state index contributed by atoms with van der Waals surface area (Å²) in [6, 6.07) is 0. The molecule has 0 aromatic rings. The molecule has 0 aromatic heterocycles. The third-order valence-corrected chi connectivity index (χ3v) is 3.33. The molecule has 0 spiro atoms. The minimum Gasteiger partial charge on any atom is -0.483 e. The Bertz CT molecular complexity index is 489. The number of aliphatic hydroxyl groups is 1. The van der Waals surface area contributed by atoms with Crippen LogP contribution in [0.4, 0.5) is 0 Å². The molecule has 0 saturated carbocycles. The summed E-state index contributed by atoms with van der Waals surface area (Å²) >= 11 is 0. The molecule has 1 aliphatic rings. The van der Waals surface area contributed by atoms with Crippen molar-refractivity contribution in [2.45, 2.75) is 72.4 Å². The smallest absolute Gasteiger partial charge is 0.346 e. The number of hydrogen-bond acceptors (Lipinski definition) is 7. The molecule has 0 amide bonds. The lowest BCUT2D eigenvalue weighted by Gasteiger charge is -2.34. The van der Waals surface area contributed by atoms with Crippen molar-refractivity contribution in [3.8, 4) is 0 Å². The number of aliphatic imine (C=N–C) groups is 2. The van der Waals surface area contributed by atoms with Crippen LogP contribution in [0.1, 0.15) is 60.8 Å². The molecule has 0 aromatic carbocycles. The molecule has 0 fully saturated rings. The van der Waals surface area contributed by atoms with Crippen molar-refractivity contribution in [2.24, 2.45) is 9.98 Å². The van der Waals surface area contributed by atoms with Crippen LogP contribution in [0.5, 0.6) is 0 Å². The fourth-order valence-corrected chi connectivity index (χ4v) is 2.23. The Morgan fingerprint density at radius 2 is 1.85 bits per heavy atom. The van der Waals surface area contributed by atoms with E-state index in [-0.39, 0.29) is 24.9 Å². The van der Waals surface area contributed by atoms with Gasteiger partial charge in [0.15, 0.2) is 0 Å². The normalized spacial score (nSPS) is 19.4. The van der Waals surface area contributed by atoms with E-state index in [4.69, 9.17) is 14.2 Å². The van der Waals surface area contributed by atoms with E-state index in [9.17, 15) is 9.90 Å². The fraction of sp³-hybridized carbons (Fsp3) is 0.750. The van der Waals surface area contributed by atoms with Crippen molar-refractivity contribution in [2.75, 3.05) is 27.4 Å². The molecule has 1 rings (SSSR count). The monoisotopic (exact) mass is 386 g/mol. The van der Waals surface area contributed by atoms with Crippen molar-refractivity contribution < 1.29 is 24.1 Å². The Kier molecular flexibility index (Phi) is 16.5. The molecule has 0 bridgehead atoms. The van der Waals surface area contributed by atoms with Gasteiger partial charge in [0.2, 0.25) is 11.8 Å². The first kappa shape index (κ1) is 27.3. The summed E-state index contributed by atoms with van der Waals surface area (Å²) in [5, 5.41) is 10.6. The largest absolute Gasteiger partial charge is 0.483 e. The summed E-state index contributed by atoms with van der Waals surface area (Å²) in [4.78, 5) is 20.9. The van der Waals surface area contributed by atoms with E-state index in [1.807, 2.05) is 32.9 Å². The summed E-state index contributed by atoms with van der Waals surface area (Å²) in [6.45, 7) is 12.1. The highest BCUT2D eigenvalue weighted by atomic mass is 16.5. The van der Waals surface area contributed by atoms with Gasteiger partial charge in [0.1, 0.15) is 6.54 Å². The van der Waals surface area contributed by atoms with Gasteiger partial charge in [-0.3, -0.25) is 0 Å². The highest BCUT2D eigenvalue weighted by Crippen LogP contribution is 2.28. The lowest BCUT2D eigenvalue weighted by Crippen LogP contribution is -2.58. The van der Waals surface area contributed by atoms with Crippen LogP contribution in [0.2, 0.25) is 0 Å². The molecule has 7 nitrogen and oxygen atoms in total. The van der Waals surface area contributed by atoms with E-state index in [1.165, 1.54) is 20.6 Å². The van der Waals surface area contributed by atoms with E-state index in [0.717, 1.165) is 0 Å². The van der Waals surface area contributed by atoms with Gasteiger partial charge in [0.25, 0.3) is 5.54 Å². The average molecular weight is 387 g/mol. The maximum absolute atomic E-state index is 12.5. The zero-order valence-corrected chi connectivity index (χ0v) is 18.2. The number of rotatable bonds is 6. The van der Waals surface area contributed by atoms with Crippen LogP contribution in [0.3, 0.4) is 0 Å². The SMILES string of the molecule is C/C=C/CCC(O)C1(C(=O)OCC)N=C(OC)CN=C1OC.CC.CCC. The topological polar surface area (TPSA) is 89.7 Å². The number of esters is 1. The second-order valence-corrected chi connectivity index (χ2v) is 5.39. The molecule has 1 heterocycles. The highest BCUT2D eigenvalue weighted by molar-refractivity contribution is 6.12. The van der Waals surface area contributed by atoms with Crippen LogP contribution < -0.4 is 0 Å². The molecule has 2 unspecified atom stereocenters. The molecule has 1 N–H and O–H groups in total. The number of carbonyl (C=O) groups excluding carboxylic acids is 1. The van der Waals surface area contributed by atoms with Crippen LogP contribution in [-0.2, 0) is 19.0 Å². The summed E-state index contributed by atoms with van der Waals surface area (Å²) in [6.07, 6.45) is 4.79. The van der Waals surface area contributed by atoms with Crippen molar-refractivity contribution in [3.05, 3.63) is 12.2 Å². The number of ether oxygens (including phenoxy) is 3. The van der Waals surface area contributed by atoms with E-state index in [1.54, 1.807) is 6.92 Å². The van der Waals surface area contributed by atoms with Gasteiger partial charge in [-0.15, -0.1) is 0 Å². The number of methoxy groups -OCH3 is 2. The van der Waals surface area contributed by atoms with Crippen LogP contribution in [-0.4, -0.2) is 61.9 Å². The van der Waals surface area contributed by atoms with Crippen LogP contribution in [0.25, 0.3) is 0 Å². The van der Waals surface area contributed by atoms with E-state index in [2.05, 4.69) is 23.8 Å². The summed E-state index contributed by atoms with van der Waals surface area (Å²) in [7, 11) is 2.83. The molecule has 7 heteroatoms. The van der Waals surface area contributed by atoms with Crippen molar-refractivity contribution in [1.82, 2.24) is 0 Å². The molecule has 158 valence electrons. The van der Waals surface area contributed by atoms with E-state index >= 15 is 0 Å². The van der Waals surface area contributed by atoms with Crippen molar-refractivity contribution >= 4 is 17.8 Å². The number of carbonyl (C=O) groups is 1. The lowest BCUT2D eigenvalue weighted by atomic mass is 9.88. The first-order valence-electron chi connectivity index (χ1n) is 9.66. The minimum atomic E-state index is -1.71. The Balaban J connectivity index is 0. The highest BCUT2D eigenvalue weighted by Gasteiger charge is 2.54. The van der Waals surface area contributed by atoms with Gasteiger partial charge in [0.05, 0.1) is 26.9 Å². The molecule has 2 atom stereocenters. The minimum absolute atomic E-state index is 0.0414. The average Bonchev–Trinajstić information content (AvgIpc) is 2.69. The van der Waals surface area contributed by atoms with Crippen LogP contribution in [0, 0.1) is 0 Å². The Hall–Kier alpha value is -1.89. The predicted octanol–water partition coefficient (Wildman–Crippen LogP) is 3.55. The van der Waals surface area contributed by atoms with Crippen LogP contribution >= 0.6 is 0 Å². The molecule has 1 aliphatic heterocycles.